The third-order valence-corrected chi connectivity index (χ3v) is 5.64. The zero-order valence-corrected chi connectivity index (χ0v) is 15.6. The Morgan fingerprint density at radius 1 is 1.26 bits per heavy atom. The molecule has 4 heterocycles. The molecule has 3 aliphatic heterocycles. The molecule has 5 rings (SSSR count). The van der Waals surface area contributed by atoms with Gasteiger partial charge in [-0.15, -0.1) is 0 Å². The number of hydrogen-bond acceptors (Lipinski definition) is 5. The summed E-state index contributed by atoms with van der Waals surface area (Å²) in [4.78, 5) is 30.5. The molecule has 0 saturated carbocycles. The molecule has 0 aliphatic carbocycles. The number of aromatic nitrogens is 1. The molecule has 142 valence electrons. The van der Waals surface area contributed by atoms with Crippen LogP contribution in [0.5, 0.6) is 0 Å². The molecule has 7 heteroatoms. The van der Waals surface area contributed by atoms with Gasteiger partial charge in [0.15, 0.2) is 5.76 Å². The van der Waals surface area contributed by atoms with Crippen LogP contribution in [0.1, 0.15) is 37.4 Å². The van der Waals surface area contributed by atoms with Crippen LogP contribution in [0.4, 0.5) is 5.69 Å². The molecule has 2 aromatic rings. The lowest BCUT2D eigenvalue weighted by atomic mass is 9.79. The van der Waals surface area contributed by atoms with Crippen LogP contribution in [0, 0.1) is 5.92 Å². The number of nitrogens with one attached hydrogen (secondary N) is 2. The Hall–Kier alpha value is -2.67. The van der Waals surface area contributed by atoms with Crippen LogP contribution in [0.3, 0.4) is 0 Å². The lowest BCUT2D eigenvalue weighted by Gasteiger charge is -2.49. The van der Waals surface area contributed by atoms with Gasteiger partial charge in [-0.1, -0.05) is 12.1 Å². The Balaban J connectivity index is 1.48. The van der Waals surface area contributed by atoms with Crippen molar-refractivity contribution < 1.29 is 14.0 Å². The van der Waals surface area contributed by atoms with E-state index in [1.54, 1.807) is 18.3 Å². The summed E-state index contributed by atoms with van der Waals surface area (Å²) in [6, 6.07) is 7.73. The van der Waals surface area contributed by atoms with Crippen molar-refractivity contribution in [2.75, 3.05) is 18.4 Å². The monoisotopic (exact) mass is 368 g/mol. The standard InChI is InChI=1S/C20H24N4O3/c1-12-18(14-6-8-24(12)9-7-14)23-19(26)20-21-11-17(27-20)15-4-3-5-16(10-15)22-13(2)25/h3-5,10-12,14,18H,6-9H2,1-2H3,(H,22,25)(H,23,26)/t12-,18+/m1/s1. The van der Waals surface area contributed by atoms with Crippen LogP contribution in [-0.4, -0.2) is 46.9 Å². The highest BCUT2D eigenvalue weighted by Gasteiger charge is 2.40. The van der Waals surface area contributed by atoms with E-state index in [4.69, 9.17) is 4.42 Å². The molecule has 27 heavy (non-hydrogen) atoms. The quantitative estimate of drug-likeness (QED) is 0.866. The Morgan fingerprint density at radius 2 is 2.04 bits per heavy atom. The fraction of sp³-hybridized carbons (Fsp3) is 0.450. The van der Waals surface area contributed by atoms with Crippen LogP contribution in [0.25, 0.3) is 11.3 Å². The zero-order valence-electron chi connectivity index (χ0n) is 15.6. The van der Waals surface area contributed by atoms with E-state index in [2.05, 4.69) is 27.4 Å². The number of fused-ring (bicyclic) bond motifs is 3. The highest BCUT2D eigenvalue weighted by atomic mass is 16.4. The molecule has 2 amide bonds. The van der Waals surface area contributed by atoms with Crippen molar-refractivity contribution in [1.29, 1.82) is 0 Å². The lowest BCUT2D eigenvalue weighted by Crippen LogP contribution is -2.62. The molecule has 0 radical (unpaired) electrons. The third kappa shape index (κ3) is 3.60. The fourth-order valence-corrected chi connectivity index (χ4v) is 4.22. The number of nitrogens with zero attached hydrogens (tertiary/aromatic N) is 2. The number of benzene rings is 1. The molecular weight excluding hydrogens is 344 g/mol. The molecule has 3 fully saturated rings. The largest absolute Gasteiger partial charge is 0.432 e. The average Bonchev–Trinajstić information content (AvgIpc) is 3.15. The van der Waals surface area contributed by atoms with E-state index >= 15 is 0 Å². The van der Waals surface area contributed by atoms with Crippen molar-refractivity contribution in [3.8, 4) is 11.3 Å². The maximum atomic E-state index is 12.6. The number of rotatable bonds is 4. The molecule has 1 aromatic carbocycles. The Kier molecular flexibility index (Phi) is 4.70. The van der Waals surface area contributed by atoms with Gasteiger partial charge >= 0.3 is 5.91 Å². The summed E-state index contributed by atoms with van der Waals surface area (Å²) < 4.78 is 5.70. The second kappa shape index (κ2) is 7.15. The lowest BCUT2D eigenvalue weighted by molar-refractivity contribution is -0.114. The van der Waals surface area contributed by atoms with Crippen LogP contribution in [-0.2, 0) is 4.79 Å². The van der Waals surface area contributed by atoms with Crippen LogP contribution >= 0.6 is 0 Å². The number of carbonyl (C=O) groups is 2. The second-order valence-electron chi connectivity index (χ2n) is 7.40. The molecular formula is C20H24N4O3. The first-order valence-corrected chi connectivity index (χ1v) is 9.40. The Bertz CT molecular complexity index is 852. The van der Waals surface area contributed by atoms with Crippen LogP contribution < -0.4 is 10.6 Å². The highest BCUT2D eigenvalue weighted by Crippen LogP contribution is 2.32. The van der Waals surface area contributed by atoms with Crippen molar-refractivity contribution >= 4 is 17.5 Å². The Labute approximate surface area is 158 Å². The van der Waals surface area contributed by atoms with Gasteiger partial charge in [-0.25, -0.2) is 4.98 Å². The van der Waals surface area contributed by atoms with Crippen molar-refractivity contribution in [3.05, 3.63) is 36.4 Å². The van der Waals surface area contributed by atoms with E-state index in [-0.39, 0.29) is 23.7 Å². The first-order valence-electron chi connectivity index (χ1n) is 9.40. The van der Waals surface area contributed by atoms with Gasteiger partial charge in [-0.2, -0.15) is 0 Å². The normalized spacial score (nSPS) is 26.6. The topological polar surface area (TPSA) is 87.5 Å². The number of oxazole rings is 1. The van der Waals surface area contributed by atoms with Gasteiger partial charge in [0.25, 0.3) is 5.89 Å². The van der Waals surface area contributed by atoms with Gasteiger partial charge in [0.05, 0.1) is 6.20 Å². The molecule has 2 bridgehead atoms. The van der Waals surface area contributed by atoms with Crippen molar-refractivity contribution in [1.82, 2.24) is 15.2 Å². The van der Waals surface area contributed by atoms with Crippen LogP contribution in [0.2, 0.25) is 0 Å². The summed E-state index contributed by atoms with van der Waals surface area (Å²) in [5.74, 6) is 0.673. The summed E-state index contributed by atoms with van der Waals surface area (Å²) in [6.45, 7) is 5.86. The summed E-state index contributed by atoms with van der Waals surface area (Å²) in [7, 11) is 0. The molecule has 2 N–H and O–H groups in total. The summed E-state index contributed by atoms with van der Waals surface area (Å²) >= 11 is 0. The fourth-order valence-electron chi connectivity index (χ4n) is 4.22. The average molecular weight is 368 g/mol. The summed E-state index contributed by atoms with van der Waals surface area (Å²) in [5.41, 5.74) is 1.42. The molecule has 7 nitrogen and oxygen atoms in total. The first-order chi connectivity index (χ1) is 13.0. The third-order valence-electron chi connectivity index (χ3n) is 5.64. The smallest absolute Gasteiger partial charge is 0.307 e. The predicted molar refractivity (Wildman–Crippen MR) is 101 cm³/mol. The minimum Gasteiger partial charge on any atom is -0.432 e. The molecule has 0 spiro atoms. The maximum absolute atomic E-state index is 12.6. The van der Waals surface area contributed by atoms with Gasteiger partial charge in [0.1, 0.15) is 0 Å². The van der Waals surface area contributed by atoms with E-state index in [1.165, 1.54) is 6.92 Å². The molecule has 3 aliphatic rings. The summed E-state index contributed by atoms with van der Waals surface area (Å²) in [6.07, 6.45) is 3.80. The number of piperidine rings is 3. The van der Waals surface area contributed by atoms with Gasteiger partial charge in [0, 0.05) is 30.3 Å². The van der Waals surface area contributed by atoms with E-state index in [1.807, 2.05) is 12.1 Å². The highest BCUT2D eigenvalue weighted by molar-refractivity contribution is 5.91. The maximum Gasteiger partial charge on any atom is 0.307 e. The minimum absolute atomic E-state index is 0.0681. The minimum atomic E-state index is -0.273. The van der Waals surface area contributed by atoms with Crippen molar-refractivity contribution in [2.24, 2.45) is 5.92 Å². The number of hydrogen-bond donors (Lipinski definition) is 2. The van der Waals surface area contributed by atoms with E-state index in [9.17, 15) is 9.59 Å². The number of carbonyl (C=O) groups excluding carboxylic acids is 2. The van der Waals surface area contributed by atoms with E-state index in [0.29, 0.717) is 23.4 Å². The molecule has 1 aromatic heterocycles. The van der Waals surface area contributed by atoms with E-state index in [0.717, 1.165) is 31.5 Å². The summed E-state index contributed by atoms with van der Waals surface area (Å²) in [5, 5.41) is 5.86. The van der Waals surface area contributed by atoms with Gasteiger partial charge < -0.3 is 15.1 Å². The molecule has 0 unspecified atom stereocenters. The van der Waals surface area contributed by atoms with Crippen molar-refractivity contribution in [3.63, 3.8) is 0 Å². The zero-order chi connectivity index (χ0) is 19.0. The molecule has 3 saturated heterocycles. The SMILES string of the molecule is CC(=O)Nc1cccc(-c2cnc(C(=O)N[C@@H]3C4CCN(CC4)[C@@H]3C)o2)c1. The van der Waals surface area contributed by atoms with Crippen molar-refractivity contribution in [2.45, 2.75) is 38.8 Å². The Morgan fingerprint density at radius 3 is 2.74 bits per heavy atom. The van der Waals surface area contributed by atoms with Crippen LogP contribution in [0.15, 0.2) is 34.9 Å². The van der Waals surface area contributed by atoms with Gasteiger partial charge in [-0.3, -0.25) is 14.5 Å². The predicted octanol–water partition coefficient (Wildman–Crippen LogP) is 2.51. The van der Waals surface area contributed by atoms with Gasteiger partial charge in [-0.05, 0) is 50.9 Å². The van der Waals surface area contributed by atoms with E-state index < -0.39 is 0 Å². The number of amides is 2. The number of anilines is 1. The first kappa shape index (κ1) is 17.7. The molecule has 2 atom stereocenters. The second-order valence-corrected chi connectivity index (χ2v) is 7.40. The van der Waals surface area contributed by atoms with Gasteiger partial charge in [0.2, 0.25) is 5.91 Å².